The maximum Gasteiger partial charge on any atom is 0.255 e. The molecule has 2 heterocycles. The number of nitrogens with zero attached hydrogens (tertiary/aromatic N) is 3. The third kappa shape index (κ3) is 5.98. The number of carbonyl (C=O) groups excluding carboxylic acids is 1. The highest BCUT2D eigenvalue weighted by Crippen LogP contribution is 2.18. The summed E-state index contributed by atoms with van der Waals surface area (Å²) in [6, 6.07) is 9.16. The number of benzene rings is 1. The predicted molar refractivity (Wildman–Crippen MR) is 113 cm³/mol. The molecule has 1 aliphatic rings. The molecule has 1 unspecified atom stereocenters. The van der Waals surface area contributed by atoms with Crippen molar-refractivity contribution < 1.29 is 14.3 Å². The Balaban J connectivity index is 1.55. The summed E-state index contributed by atoms with van der Waals surface area (Å²) in [6.45, 7) is 8.37. The molecule has 1 saturated heterocycles. The minimum absolute atomic E-state index is 0.258. The quantitative estimate of drug-likeness (QED) is 0.780. The molecule has 1 aliphatic heterocycles. The van der Waals surface area contributed by atoms with Crippen LogP contribution < -0.4 is 10.2 Å². The number of carbonyl (C=O) groups is 1. The number of nitrogens with one attached hydrogen (secondary N) is 1. The van der Waals surface area contributed by atoms with E-state index in [1.807, 2.05) is 26.0 Å². The van der Waals surface area contributed by atoms with E-state index in [0.717, 1.165) is 38.4 Å². The van der Waals surface area contributed by atoms with E-state index in [1.165, 1.54) is 24.3 Å². The molecule has 1 atom stereocenters. The van der Waals surface area contributed by atoms with Gasteiger partial charge in [-0.1, -0.05) is 13.8 Å². The monoisotopic (exact) mass is 400 g/mol. The van der Waals surface area contributed by atoms with Crippen molar-refractivity contribution in [3.05, 3.63) is 54.0 Å². The second-order valence-electron chi connectivity index (χ2n) is 7.82. The summed E-state index contributed by atoms with van der Waals surface area (Å²) in [5.41, 5.74) is 0.992. The standard InChI is InChI=1S/C22H29FN4O2/c1-16(2)20(28)15-26-10-3-11-27(13-12-26)21-9-8-19(14-24-21)25-22(29)17-4-6-18(23)7-5-17/h4-9,14,16,20,28H,3,10-13,15H2,1-2H3,(H,25,29). The largest absolute Gasteiger partial charge is 0.392 e. The smallest absolute Gasteiger partial charge is 0.255 e. The fourth-order valence-corrected chi connectivity index (χ4v) is 3.31. The molecule has 1 aromatic carbocycles. The average Bonchev–Trinajstić information content (AvgIpc) is 2.94. The van der Waals surface area contributed by atoms with Crippen LogP contribution in [-0.2, 0) is 0 Å². The van der Waals surface area contributed by atoms with Gasteiger partial charge in [-0.25, -0.2) is 9.37 Å². The van der Waals surface area contributed by atoms with Crippen LogP contribution in [0.4, 0.5) is 15.9 Å². The molecule has 2 N–H and O–H groups in total. The van der Waals surface area contributed by atoms with Crippen LogP contribution in [0.3, 0.4) is 0 Å². The second-order valence-corrected chi connectivity index (χ2v) is 7.82. The number of rotatable bonds is 6. The fraction of sp³-hybridized carbons (Fsp3) is 0.455. The van der Waals surface area contributed by atoms with E-state index < -0.39 is 0 Å². The molecule has 6 nitrogen and oxygen atoms in total. The summed E-state index contributed by atoms with van der Waals surface area (Å²) in [6.07, 6.45) is 2.35. The second kappa shape index (κ2) is 9.80. The van der Waals surface area contributed by atoms with Gasteiger partial charge in [-0.2, -0.15) is 0 Å². The van der Waals surface area contributed by atoms with Gasteiger partial charge in [0.2, 0.25) is 0 Å². The Kier molecular flexibility index (Phi) is 7.17. The van der Waals surface area contributed by atoms with Gasteiger partial charge >= 0.3 is 0 Å². The van der Waals surface area contributed by atoms with Crippen molar-refractivity contribution in [3.63, 3.8) is 0 Å². The molecule has 1 aromatic heterocycles. The molecule has 0 spiro atoms. The van der Waals surface area contributed by atoms with Crippen LogP contribution >= 0.6 is 0 Å². The van der Waals surface area contributed by atoms with Crippen molar-refractivity contribution in [2.45, 2.75) is 26.4 Å². The van der Waals surface area contributed by atoms with E-state index in [0.29, 0.717) is 17.8 Å². The first kappa shape index (κ1) is 21.2. The number of amides is 1. The van der Waals surface area contributed by atoms with Crippen molar-refractivity contribution >= 4 is 17.4 Å². The zero-order valence-corrected chi connectivity index (χ0v) is 17.0. The van der Waals surface area contributed by atoms with E-state index in [9.17, 15) is 14.3 Å². The van der Waals surface area contributed by atoms with Gasteiger partial charge in [0.15, 0.2) is 0 Å². The number of hydrogen-bond acceptors (Lipinski definition) is 5. The molecule has 7 heteroatoms. The molecule has 1 fully saturated rings. The SMILES string of the molecule is CC(C)C(O)CN1CCCN(c2ccc(NC(=O)c3ccc(F)cc3)cn2)CC1. The highest BCUT2D eigenvalue weighted by atomic mass is 19.1. The number of pyridine rings is 1. The van der Waals surface area contributed by atoms with E-state index in [-0.39, 0.29) is 23.7 Å². The van der Waals surface area contributed by atoms with Crippen molar-refractivity contribution in [1.82, 2.24) is 9.88 Å². The average molecular weight is 400 g/mol. The van der Waals surface area contributed by atoms with Gasteiger partial charge in [0, 0.05) is 31.7 Å². The molecule has 0 bridgehead atoms. The number of hydrogen-bond donors (Lipinski definition) is 2. The summed E-state index contributed by atoms with van der Waals surface area (Å²) >= 11 is 0. The molecule has 156 valence electrons. The highest BCUT2D eigenvalue weighted by molar-refractivity contribution is 6.04. The van der Waals surface area contributed by atoms with E-state index in [4.69, 9.17) is 0 Å². The van der Waals surface area contributed by atoms with Gasteiger partial charge in [0.05, 0.1) is 18.0 Å². The molecule has 3 rings (SSSR count). The summed E-state index contributed by atoms with van der Waals surface area (Å²) in [7, 11) is 0. The van der Waals surface area contributed by atoms with Gasteiger partial charge < -0.3 is 15.3 Å². The van der Waals surface area contributed by atoms with Crippen molar-refractivity contribution in [2.24, 2.45) is 5.92 Å². The number of aromatic nitrogens is 1. The number of aliphatic hydroxyl groups excluding tert-OH is 1. The summed E-state index contributed by atoms with van der Waals surface area (Å²) in [4.78, 5) is 21.3. The maximum atomic E-state index is 13.0. The normalized spacial score (nSPS) is 16.5. The van der Waals surface area contributed by atoms with Crippen LogP contribution in [-0.4, -0.2) is 59.7 Å². The van der Waals surface area contributed by atoms with Crippen molar-refractivity contribution in [2.75, 3.05) is 42.9 Å². The van der Waals surface area contributed by atoms with Crippen LogP contribution in [0.25, 0.3) is 0 Å². The lowest BCUT2D eigenvalue weighted by Gasteiger charge is -2.25. The Morgan fingerprint density at radius 2 is 1.90 bits per heavy atom. The van der Waals surface area contributed by atoms with Gasteiger partial charge in [-0.3, -0.25) is 9.69 Å². The van der Waals surface area contributed by atoms with E-state index in [1.54, 1.807) is 6.20 Å². The number of anilines is 2. The fourth-order valence-electron chi connectivity index (χ4n) is 3.31. The van der Waals surface area contributed by atoms with Gasteiger partial charge in [-0.05, 0) is 55.3 Å². The summed E-state index contributed by atoms with van der Waals surface area (Å²) in [5, 5.41) is 12.9. The molecule has 0 aliphatic carbocycles. The number of halogens is 1. The first-order valence-corrected chi connectivity index (χ1v) is 10.1. The van der Waals surface area contributed by atoms with Crippen LogP contribution in [0.1, 0.15) is 30.6 Å². The zero-order valence-electron chi connectivity index (χ0n) is 17.0. The topological polar surface area (TPSA) is 68.7 Å². The maximum absolute atomic E-state index is 13.0. The Morgan fingerprint density at radius 1 is 1.14 bits per heavy atom. The van der Waals surface area contributed by atoms with Crippen LogP contribution in [0, 0.1) is 11.7 Å². The lowest BCUT2D eigenvalue weighted by Crippen LogP contribution is -2.37. The van der Waals surface area contributed by atoms with E-state index >= 15 is 0 Å². The summed E-state index contributed by atoms with van der Waals surface area (Å²) in [5.74, 6) is 0.459. The molecular weight excluding hydrogens is 371 g/mol. The Labute approximate surface area is 171 Å². The zero-order chi connectivity index (χ0) is 20.8. The lowest BCUT2D eigenvalue weighted by molar-refractivity contribution is 0.0790. The first-order valence-electron chi connectivity index (χ1n) is 10.1. The lowest BCUT2D eigenvalue weighted by atomic mass is 10.1. The third-order valence-corrected chi connectivity index (χ3v) is 5.24. The number of β-amino-alcohol motifs (C(OH)–C–C–N with tert-alkyl or cyclic N) is 1. The van der Waals surface area contributed by atoms with Gasteiger partial charge in [0.1, 0.15) is 11.6 Å². The van der Waals surface area contributed by atoms with Crippen LogP contribution in [0.2, 0.25) is 0 Å². The van der Waals surface area contributed by atoms with E-state index in [2.05, 4.69) is 20.1 Å². The molecule has 2 aromatic rings. The Hall–Kier alpha value is -2.51. The third-order valence-electron chi connectivity index (χ3n) is 5.24. The number of aliphatic hydroxyl groups is 1. The Morgan fingerprint density at radius 3 is 2.55 bits per heavy atom. The first-order chi connectivity index (χ1) is 13.9. The highest BCUT2D eigenvalue weighted by Gasteiger charge is 2.19. The predicted octanol–water partition coefficient (Wildman–Crippen LogP) is 3.00. The molecule has 0 saturated carbocycles. The van der Waals surface area contributed by atoms with Crippen LogP contribution in [0.5, 0.6) is 0 Å². The molecular formula is C22H29FN4O2. The minimum atomic E-state index is -0.373. The van der Waals surface area contributed by atoms with Crippen molar-refractivity contribution in [1.29, 1.82) is 0 Å². The summed E-state index contributed by atoms with van der Waals surface area (Å²) < 4.78 is 13.0. The Bertz CT molecular complexity index is 795. The molecule has 0 radical (unpaired) electrons. The molecule has 29 heavy (non-hydrogen) atoms. The molecule has 1 amide bonds. The van der Waals surface area contributed by atoms with Crippen molar-refractivity contribution in [3.8, 4) is 0 Å². The van der Waals surface area contributed by atoms with Gasteiger partial charge in [-0.15, -0.1) is 0 Å². The minimum Gasteiger partial charge on any atom is -0.392 e. The van der Waals surface area contributed by atoms with Crippen LogP contribution in [0.15, 0.2) is 42.6 Å². The van der Waals surface area contributed by atoms with Gasteiger partial charge in [0.25, 0.3) is 5.91 Å².